The Hall–Kier alpha value is -2.61. The van der Waals surface area contributed by atoms with E-state index in [0.717, 1.165) is 18.4 Å². The van der Waals surface area contributed by atoms with Gasteiger partial charge in [0.15, 0.2) is 0 Å². The normalized spacial score (nSPS) is 10.5. The first-order valence-electron chi connectivity index (χ1n) is 7.14. The topological polar surface area (TPSA) is 32.9 Å². The molecule has 0 radical (unpaired) electrons. The zero-order chi connectivity index (χ0) is 14.5. The number of pyridine rings is 1. The molecule has 0 spiro atoms. The highest BCUT2D eigenvalue weighted by Gasteiger charge is 2.01. The Morgan fingerprint density at radius 3 is 2.14 bits per heavy atom. The second-order valence-corrected chi connectivity index (χ2v) is 5.09. The summed E-state index contributed by atoms with van der Waals surface area (Å²) in [6.45, 7) is 0. The third-order valence-electron chi connectivity index (χ3n) is 3.64. The van der Waals surface area contributed by atoms with E-state index in [9.17, 15) is 4.79 Å². The molecule has 1 N–H and O–H groups in total. The van der Waals surface area contributed by atoms with Crippen LogP contribution in [0.25, 0.3) is 11.1 Å². The fraction of sp³-hybridized carbons (Fsp3) is 0.105. The van der Waals surface area contributed by atoms with Crippen LogP contribution in [0.1, 0.15) is 11.1 Å². The Bertz CT molecular complexity index is 757. The predicted octanol–water partition coefficient (Wildman–Crippen LogP) is 3.83. The van der Waals surface area contributed by atoms with E-state index < -0.39 is 0 Å². The minimum absolute atomic E-state index is 0.0124. The van der Waals surface area contributed by atoms with Gasteiger partial charge in [-0.3, -0.25) is 4.79 Å². The summed E-state index contributed by atoms with van der Waals surface area (Å²) < 4.78 is 0. The third kappa shape index (κ3) is 3.29. The van der Waals surface area contributed by atoms with Gasteiger partial charge in [-0.1, -0.05) is 60.7 Å². The van der Waals surface area contributed by atoms with Crippen LogP contribution in [0.5, 0.6) is 0 Å². The summed E-state index contributed by atoms with van der Waals surface area (Å²) in [5.74, 6) is 0. The lowest BCUT2D eigenvalue weighted by Crippen LogP contribution is -2.11. The first kappa shape index (κ1) is 13.4. The molecule has 0 saturated carbocycles. The maximum Gasteiger partial charge on any atom is 0.251 e. The van der Waals surface area contributed by atoms with Crippen LogP contribution in [-0.2, 0) is 12.8 Å². The lowest BCUT2D eigenvalue weighted by molar-refractivity contribution is 0.933. The molecule has 1 heterocycles. The van der Waals surface area contributed by atoms with E-state index in [4.69, 9.17) is 0 Å². The van der Waals surface area contributed by atoms with Gasteiger partial charge in [-0.2, -0.15) is 0 Å². The first-order chi connectivity index (χ1) is 10.3. The van der Waals surface area contributed by atoms with Crippen molar-refractivity contribution in [2.24, 2.45) is 0 Å². The molecule has 0 bridgehead atoms. The molecule has 3 rings (SSSR count). The summed E-state index contributed by atoms with van der Waals surface area (Å²) in [7, 11) is 0. The average Bonchev–Trinajstić information content (AvgIpc) is 2.55. The van der Waals surface area contributed by atoms with Crippen molar-refractivity contribution in [3.05, 3.63) is 94.4 Å². The molecule has 1 aromatic heterocycles. The van der Waals surface area contributed by atoms with E-state index in [1.54, 1.807) is 6.20 Å². The van der Waals surface area contributed by atoms with Crippen LogP contribution < -0.4 is 5.56 Å². The number of aryl methyl sites for hydroxylation is 2. The van der Waals surface area contributed by atoms with Crippen molar-refractivity contribution in [2.75, 3.05) is 0 Å². The van der Waals surface area contributed by atoms with E-state index in [2.05, 4.69) is 41.4 Å². The van der Waals surface area contributed by atoms with E-state index in [1.807, 2.05) is 30.3 Å². The molecule has 2 aromatic carbocycles. The fourth-order valence-corrected chi connectivity index (χ4v) is 2.43. The smallest absolute Gasteiger partial charge is 0.251 e. The Labute approximate surface area is 124 Å². The molecule has 21 heavy (non-hydrogen) atoms. The van der Waals surface area contributed by atoms with Gasteiger partial charge in [0, 0.05) is 11.8 Å². The van der Waals surface area contributed by atoms with Gasteiger partial charge >= 0.3 is 0 Å². The van der Waals surface area contributed by atoms with Gasteiger partial charge in [0.1, 0.15) is 0 Å². The van der Waals surface area contributed by atoms with Gasteiger partial charge in [0.05, 0.1) is 0 Å². The number of benzene rings is 2. The van der Waals surface area contributed by atoms with E-state index >= 15 is 0 Å². The molecule has 0 saturated heterocycles. The largest absolute Gasteiger partial charge is 0.329 e. The average molecular weight is 275 g/mol. The summed E-state index contributed by atoms with van der Waals surface area (Å²) in [4.78, 5) is 14.3. The second-order valence-electron chi connectivity index (χ2n) is 5.09. The summed E-state index contributed by atoms with van der Waals surface area (Å²) in [5, 5.41) is 0. The number of aromatic amines is 1. The van der Waals surface area contributed by atoms with Crippen LogP contribution in [0.4, 0.5) is 0 Å². The van der Waals surface area contributed by atoms with Crippen LogP contribution in [0.15, 0.2) is 77.7 Å². The highest BCUT2D eigenvalue weighted by atomic mass is 16.1. The summed E-state index contributed by atoms with van der Waals surface area (Å²) in [5.41, 5.74) is 4.54. The third-order valence-corrected chi connectivity index (χ3v) is 3.64. The second kappa shape index (κ2) is 6.23. The highest BCUT2D eigenvalue weighted by molar-refractivity contribution is 5.63. The molecule has 0 aliphatic rings. The molecule has 0 atom stereocenters. The van der Waals surface area contributed by atoms with Crippen molar-refractivity contribution in [1.82, 2.24) is 4.98 Å². The summed E-state index contributed by atoms with van der Waals surface area (Å²) in [6.07, 6.45) is 3.31. The van der Waals surface area contributed by atoms with Gasteiger partial charge in [-0.05, 0) is 35.6 Å². The highest BCUT2D eigenvalue weighted by Crippen LogP contribution is 2.19. The van der Waals surface area contributed by atoms with Crippen molar-refractivity contribution in [3.63, 3.8) is 0 Å². The molecule has 2 nitrogen and oxygen atoms in total. The minimum atomic E-state index is 0.0124. The molecule has 2 heteroatoms. The molecule has 0 unspecified atom stereocenters. The Kier molecular flexibility index (Phi) is 3.97. The van der Waals surface area contributed by atoms with Crippen molar-refractivity contribution >= 4 is 0 Å². The number of rotatable bonds is 4. The van der Waals surface area contributed by atoms with Crippen molar-refractivity contribution < 1.29 is 0 Å². The van der Waals surface area contributed by atoms with Crippen LogP contribution in [-0.4, -0.2) is 4.98 Å². The fourth-order valence-electron chi connectivity index (χ4n) is 2.43. The van der Waals surface area contributed by atoms with Gasteiger partial charge in [0.2, 0.25) is 0 Å². The maximum atomic E-state index is 11.6. The van der Waals surface area contributed by atoms with Crippen LogP contribution in [0.2, 0.25) is 0 Å². The number of H-pyrrole nitrogens is 1. The van der Waals surface area contributed by atoms with Crippen LogP contribution >= 0.6 is 0 Å². The Morgan fingerprint density at radius 1 is 0.714 bits per heavy atom. The Morgan fingerprint density at radius 2 is 1.43 bits per heavy atom. The molecule has 0 amide bonds. The first-order valence-corrected chi connectivity index (χ1v) is 7.14. The van der Waals surface area contributed by atoms with Gasteiger partial charge in [0.25, 0.3) is 5.56 Å². The van der Waals surface area contributed by atoms with Crippen molar-refractivity contribution in [2.45, 2.75) is 12.8 Å². The van der Waals surface area contributed by atoms with Crippen molar-refractivity contribution in [3.8, 4) is 11.1 Å². The molecule has 3 aromatic rings. The summed E-state index contributed by atoms with van der Waals surface area (Å²) in [6, 6.07) is 22.6. The number of aromatic nitrogens is 1. The summed E-state index contributed by atoms with van der Waals surface area (Å²) >= 11 is 0. The standard InChI is InChI=1S/C19H17NO/c21-19-18(7-4-14-20-19)13-10-15-8-11-17(12-9-15)16-5-2-1-3-6-16/h1-9,11-12,14H,10,13H2,(H,20,21). The number of hydrogen-bond acceptors (Lipinski definition) is 1. The van der Waals surface area contributed by atoms with E-state index in [1.165, 1.54) is 16.7 Å². The SMILES string of the molecule is O=c1[nH]cccc1CCc1ccc(-c2ccccc2)cc1. The predicted molar refractivity (Wildman–Crippen MR) is 86.3 cm³/mol. The molecular formula is C19H17NO. The quantitative estimate of drug-likeness (QED) is 0.771. The van der Waals surface area contributed by atoms with Gasteiger partial charge < -0.3 is 4.98 Å². The molecule has 0 aliphatic carbocycles. The number of nitrogens with one attached hydrogen (secondary N) is 1. The lowest BCUT2D eigenvalue weighted by Gasteiger charge is -2.04. The zero-order valence-electron chi connectivity index (χ0n) is 11.8. The van der Waals surface area contributed by atoms with Crippen molar-refractivity contribution in [1.29, 1.82) is 0 Å². The zero-order valence-corrected chi connectivity index (χ0v) is 11.8. The monoisotopic (exact) mass is 275 g/mol. The lowest BCUT2D eigenvalue weighted by atomic mass is 10.0. The molecule has 0 fully saturated rings. The van der Waals surface area contributed by atoms with E-state index in [-0.39, 0.29) is 5.56 Å². The molecule has 104 valence electrons. The van der Waals surface area contributed by atoms with Crippen LogP contribution in [0.3, 0.4) is 0 Å². The van der Waals surface area contributed by atoms with Gasteiger partial charge in [-0.25, -0.2) is 0 Å². The van der Waals surface area contributed by atoms with Gasteiger partial charge in [-0.15, -0.1) is 0 Å². The Balaban J connectivity index is 1.71. The minimum Gasteiger partial charge on any atom is -0.329 e. The van der Waals surface area contributed by atoms with E-state index in [0.29, 0.717) is 0 Å². The maximum absolute atomic E-state index is 11.6. The molecule has 0 aliphatic heterocycles. The molecular weight excluding hydrogens is 258 g/mol. The number of hydrogen-bond donors (Lipinski definition) is 1. The van der Waals surface area contributed by atoms with Crippen LogP contribution in [0, 0.1) is 0 Å².